The summed E-state index contributed by atoms with van der Waals surface area (Å²) in [5.41, 5.74) is 1.46. The largest absolute Gasteiger partial charge is 0.406 e. The number of nitrogens with one attached hydrogen (secondary N) is 2. The van der Waals surface area contributed by atoms with Crippen LogP contribution in [0.1, 0.15) is 0 Å². The zero-order valence-corrected chi connectivity index (χ0v) is 11.2. The van der Waals surface area contributed by atoms with E-state index in [2.05, 4.69) is 10.6 Å². The van der Waals surface area contributed by atoms with Crippen LogP contribution in [0.5, 0.6) is 0 Å². The molecular weight excluding hydrogens is 287 g/mol. The molecule has 0 bridgehead atoms. The van der Waals surface area contributed by atoms with Gasteiger partial charge in [0.1, 0.15) is 12.6 Å². The molecule has 0 spiro atoms. The molecule has 8 heteroatoms. The van der Waals surface area contributed by atoms with E-state index in [4.69, 9.17) is 5.11 Å². The highest BCUT2D eigenvalue weighted by Crippen LogP contribution is 2.26. The molecule has 1 aromatic rings. The fourth-order valence-electron chi connectivity index (χ4n) is 2.19. The minimum absolute atomic E-state index is 0.190. The Labute approximate surface area is 119 Å². The number of fused-ring (bicyclic) bond motifs is 1. The number of para-hydroxylation sites is 2. The maximum absolute atomic E-state index is 12.5. The molecule has 1 heterocycles. The summed E-state index contributed by atoms with van der Waals surface area (Å²) in [6, 6.07) is 6.33. The van der Waals surface area contributed by atoms with Gasteiger partial charge in [0, 0.05) is 13.1 Å². The van der Waals surface area contributed by atoms with E-state index in [9.17, 15) is 18.0 Å². The van der Waals surface area contributed by atoms with Crippen LogP contribution in [0.3, 0.4) is 0 Å². The monoisotopic (exact) mass is 303 g/mol. The molecule has 1 aromatic carbocycles. The molecule has 3 N–H and O–H groups in total. The van der Waals surface area contributed by atoms with Crippen LogP contribution >= 0.6 is 0 Å². The summed E-state index contributed by atoms with van der Waals surface area (Å²) in [7, 11) is 0. The number of nitrogens with zero attached hydrogens (tertiary/aromatic N) is 1. The second kappa shape index (κ2) is 6.21. The van der Waals surface area contributed by atoms with Crippen molar-refractivity contribution in [3.63, 3.8) is 0 Å². The van der Waals surface area contributed by atoms with Gasteiger partial charge in [-0.2, -0.15) is 13.2 Å². The fourth-order valence-corrected chi connectivity index (χ4v) is 2.19. The van der Waals surface area contributed by atoms with Crippen molar-refractivity contribution < 1.29 is 23.1 Å². The molecule has 116 valence electrons. The third kappa shape index (κ3) is 4.01. The molecule has 1 aliphatic heterocycles. The van der Waals surface area contributed by atoms with Crippen molar-refractivity contribution >= 4 is 17.3 Å². The molecule has 0 fully saturated rings. The normalized spacial score (nSPS) is 17.4. The van der Waals surface area contributed by atoms with Gasteiger partial charge in [-0.05, 0) is 12.1 Å². The van der Waals surface area contributed by atoms with Crippen LogP contribution in [0.2, 0.25) is 0 Å². The summed E-state index contributed by atoms with van der Waals surface area (Å²) >= 11 is 0. The van der Waals surface area contributed by atoms with Crippen LogP contribution in [0, 0.1) is 0 Å². The molecule has 21 heavy (non-hydrogen) atoms. The molecule has 0 saturated carbocycles. The smallest absolute Gasteiger partial charge is 0.395 e. The number of aliphatic hydroxyl groups is 1. The Morgan fingerprint density at radius 3 is 2.62 bits per heavy atom. The third-order valence-corrected chi connectivity index (χ3v) is 3.10. The van der Waals surface area contributed by atoms with Gasteiger partial charge < -0.3 is 20.6 Å². The maximum Gasteiger partial charge on any atom is 0.406 e. The number of anilines is 2. The van der Waals surface area contributed by atoms with Gasteiger partial charge in [-0.1, -0.05) is 12.1 Å². The van der Waals surface area contributed by atoms with Gasteiger partial charge in [-0.25, -0.2) is 0 Å². The number of hydrogen-bond donors (Lipinski definition) is 3. The molecule has 0 saturated heterocycles. The number of halogens is 3. The minimum atomic E-state index is -4.50. The molecule has 1 unspecified atom stereocenters. The van der Waals surface area contributed by atoms with E-state index in [0.717, 1.165) is 5.69 Å². The molecule has 0 radical (unpaired) electrons. The Hall–Kier alpha value is -1.96. The number of alkyl halides is 3. The predicted octanol–water partition coefficient (Wildman–Crippen LogP) is 1.28. The number of rotatable bonds is 4. The van der Waals surface area contributed by atoms with Crippen molar-refractivity contribution in [2.24, 2.45) is 0 Å². The quantitative estimate of drug-likeness (QED) is 0.784. The number of aliphatic hydroxyl groups excluding tert-OH is 1. The summed E-state index contributed by atoms with van der Waals surface area (Å²) < 4.78 is 37.5. The molecule has 0 aliphatic carbocycles. The van der Waals surface area contributed by atoms with Crippen molar-refractivity contribution in [3.05, 3.63) is 24.3 Å². The number of benzene rings is 1. The van der Waals surface area contributed by atoms with Crippen molar-refractivity contribution in [1.29, 1.82) is 0 Å². The average Bonchev–Trinajstić information content (AvgIpc) is 2.44. The van der Waals surface area contributed by atoms with Crippen LogP contribution in [0.25, 0.3) is 0 Å². The fraction of sp³-hybridized carbons (Fsp3) is 0.462. The molecule has 5 nitrogen and oxygen atoms in total. The predicted molar refractivity (Wildman–Crippen MR) is 72.1 cm³/mol. The highest BCUT2D eigenvalue weighted by atomic mass is 19.4. The topological polar surface area (TPSA) is 64.6 Å². The summed E-state index contributed by atoms with van der Waals surface area (Å²) in [6.45, 7) is -2.04. The molecule has 2 rings (SSSR count). The molecular formula is C13H16F3N3O2. The first kappa shape index (κ1) is 15.4. The molecule has 1 aliphatic rings. The highest BCUT2D eigenvalue weighted by molar-refractivity contribution is 5.88. The van der Waals surface area contributed by atoms with Gasteiger partial charge in [0.25, 0.3) is 0 Å². The standard InChI is InChI=1S/C13H16F3N3O2/c14-13(15,16)8-19(5-6-20)12(21)11-7-17-9-3-1-2-4-10(9)18-11/h1-4,11,17-18,20H,5-8H2. The number of carbonyl (C=O) groups is 1. The van der Waals surface area contributed by atoms with E-state index in [1.165, 1.54) is 0 Å². The number of hydrogen-bond acceptors (Lipinski definition) is 4. The average molecular weight is 303 g/mol. The maximum atomic E-state index is 12.5. The zero-order valence-electron chi connectivity index (χ0n) is 11.2. The van der Waals surface area contributed by atoms with E-state index in [1.54, 1.807) is 12.1 Å². The van der Waals surface area contributed by atoms with Gasteiger partial charge in [-0.3, -0.25) is 4.79 Å². The Bertz CT molecular complexity index is 508. The van der Waals surface area contributed by atoms with Crippen LogP contribution < -0.4 is 10.6 Å². The highest BCUT2D eigenvalue weighted by Gasteiger charge is 2.36. The minimum Gasteiger partial charge on any atom is -0.395 e. The van der Waals surface area contributed by atoms with Crippen molar-refractivity contribution in [2.45, 2.75) is 12.2 Å². The lowest BCUT2D eigenvalue weighted by Crippen LogP contribution is -2.51. The van der Waals surface area contributed by atoms with Crippen LogP contribution in [-0.2, 0) is 4.79 Å². The Morgan fingerprint density at radius 1 is 1.33 bits per heavy atom. The van der Waals surface area contributed by atoms with Gasteiger partial charge in [0.15, 0.2) is 0 Å². The van der Waals surface area contributed by atoms with Crippen LogP contribution in [-0.4, -0.2) is 54.4 Å². The molecule has 1 amide bonds. The lowest BCUT2D eigenvalue weighted by atomic mass is 10.1. The summed E-state index contributed by atoms with van der Waals surface area (Å²) in [6.07, 6.45) is -4.50. The molecule has 1 atom stereocenters. The van der Waals surface area contributed by atoms with E-state index >= 15 is 0 Å². The first-order valence-corrected chi connectivity index (χ1v) is 6.46. The van der Waals surface area contributed by atoms with Crippen LogP contribution in [0.15, 0.2) is 24.3 Å². The first-order chi connectivity index (χ1) is 9.90. The van der Waals surface area contributed by atoms with Gasteiger partial charge in [0.05, 0.1) is 18.0 Å². The van der Waals surface area contributed by atoms with E-state index in [1.807, 2.05) is 12.1 Å². The van der Waals surface area contributed by atoms with E-state index in [0.29, 0.717) is 10.6 Å². The lowest BCUT2D eigenvalue weighted by molar-refractivity contribution is -0.162. The third-order valence-electron chi connectivity index (χ3n) is 3.10. The van der Waals surface area contributed by atoms with Crippen molar-refractivity contribution in [3.8, 4) is 0 Å². The summed E-state index contributed by atoms with van der Waals surface area (Å²) in [4.78, 5) is 12.8. The zero-order chi connectivity index (χ0) is 15.5. The number of amides is 1. The van der Waals surface area contributed by atoms with E-state index < -0.39 is 31.3 Å². The lowest BCUT2D eigenvalue weighted by Gasteiger charge is -2.32. The number of carbonyl (C=O) groups excluding carboxylic acids is 1. The Kier molecular flexibility index (Phi) is 4.56. The van der Waals surface area contributed by atoms with Crippen molar-refractivity contribution in [2.75, 3.05) is 36.9 Å². The van der Waals surface area contributed by atoms with Crippen LogP contribution in [0.4, 0.5) is 24.5 Å². The summed E-state index contributed by atoms with van der Waals surface area (Å²) in [5, 5.41) is 14.8. The second-order valence-electron chi connectivity index (χ2n) is 4.72. The molecule has 0 aromatic heterocycles. The first-order valence-electron chi connectivity index (χ1n) is 6.46. The Balaban J connectivity index is 2.08. The summed E-state index contributed by atoms with van der Waals surface area (Å²) in [5.74, 6) is -0.691. The second-order valence-corrected chi connectivity index (χ2v) is 4.72. The van der Waals surface area contributed by atoms with Crippen molar-refractivity contribution in [1.82, 2.24) is 4.90 Å². The SMILES string of the molecule is O=C(C1CNc2ccccc2N1)N(CCO)CC(F)(F)F. The van der Waals surface area contributed by atoms with Gasteiger partial charge >= 0.3 is 6.18 Å². The Morgan fingerprint density at radius 2 is 2.00 bits per heavy atom. The van der Waals surface area contributed by atoms with E-state index in [-0.39, 0.29) is 13.1 Å². The van der Waals surface area contributed by atoms with Gasteiger partial charge in [0.2, 0.25) is 5.91 Å². The van der Waals surface area contributed by atoms with Gasteiger partial charge in [-0.15, -0.1) is 0 Å².